The zero-order valence-electron chi connectivity index (χ0n) is 18.9. The summed E-state index contributed by atoms with van der Waals surface area (Å²) in [5.41, 5.74) is 6.40. The minimum atomic E-state index is 0.831. The third-order valence-corrected chi connectivity index (χ3v) is 5.44. The summed E-state index contributed by atoms with van der Waals surface area (Å²) in [7, 11) is 3.97. The first-order valence-electron chi connectivity index (χ1n) is 10.8. The first kappa shape index (κ1) is 22.7. The van der Waals surface area contributed by atoms with Gasteiger partial charge in [-0.25, -0.2) is 0 Å². The van der Waals surface area contributed by atoms with E-state index in [9.17, 15) is 0 Å². The second-order valence-electron chi connectivity index (χ2n) is 7.86. The van der Waals surface area contributed by atoms with Crippen molar-refractivity contribution in [1.82, 2.24) is 14.8 Å². The molecular formula is C26H33N5. The molecule has 1 saturated heterocycles. The van der Waals surface area contributed by atoms with Gasteiger partial charge < -0.3 is 10.2 Å². The summed E-state index contributed by atoms with van der Waals surface area (Å²) in [6.45, 7) is 11.7. The first-order valence-corrected chi connectivity index (χ1v) is 10.8. The maximum Gasteiger partial charge on any atom is 0.0387 e. The van der Waals surface area contributed by atoms with Crippen LogP contribution >= 0.6 is 0 Å². The van der Waals surface area contributed by atoms with Crippen molar-refractivity contribution >= 4 is 23.6 Å². The van der Waals surface area contributed by atoms with E-state index in [0.29, 0.717) is 0 Å². The van der Waals surface area contributed by atoms with Crippen molar-refractivity contribution in [3.63, 3.8) is 0 Å². The van der Waals surface area contributed by atoms with Crippen LogP contribution < -0.4 is 5.32 Å². The lowest BCUT2D eigenvalue weighted by atomic mass is 10.0. The summed E-state index contributed by atoms with van der Waals surface area (Å²) < 4.78 is 0. The molecule has 5 heteroatoms. The number of anilines is 1. The minimum absolute atomic E-state index is 0.831. The van der Waals surface area contributed by atoms with Crippen molar-refractivity contribution in [2.45, 2.75) is 13.5 Å². The van der Waals surface area contributed by atoms with Crippen LogP contribution in [0.2, 0.25) is 0 Å². The lowest BCUT2D eigenvalue weighted by Crippen LogP contribution is -2.43. The molecule has 162 valence electrons. The normalized spacial score (nSPS) is 16.3. The lowest BCUT2D eigenvalue weighted by Gasteiger charge is -2.32. The quantitative estimate of drug-likeness (QED) is 0.507. The fourth-order valence-corrected chi connectivity index (χ4v) is 3.67. The Balaban J connectivity index is 1.64. The summed E-state index contributed by atoms with van der Waals surface area (Å²) in [6, 6.07) is 10.6. The van der Waals surface area contributed by atoms with E-state index < -0.39 is 0 Å². The molecule has 3 rings (SSSR count). The minimum Gasteiger partial charge on any atom is -0.356 e. The molecule has 0 saturated carbocycles. The van der Waals surface area contributed by atoms with Crippen LogP contribution in [0.15, 0.2) is 72.1 Å². The molecule has 0 radical (unpaired) electrons. The van der Waals surface area contributed by atoms with Crippen molar-refractivity contribution in [2.75, 3.05) is 45.6 Å². The number of nitrogens with one attached hydrogen (secondary N) is 1. The Morgan fingerprint density at radius 3 is 2.77 bits per heavy atom. The van der Waals surface area contributed by atoms with Crippen LogP contribution in [0.5, 0.6) is 0 Å². The number of likely N-dealkylation sites (N-methyl/N-ethyl adjacent to an activating group) is 1. The number of aliphatic imine (C=N–C) groups is 1. The van der Waals surface area contributed by atoms with Gasteiger partial charge in [-0.3, -0.25) is 14.9 Å². The van der Waals surface area contributed by atoms with Gasteiger partial charge in [0.1, 0.15) is 0 Å². The Kier molecular flexibility index (Phi) is 8.33. The van der Waals surface area contributed by atoms with Crippen LogP contribution in [0.4, 0.5) is 5.69 Å². The molecule has 0 spiro atoms. The molecular weight excluding hydrogens is 382 g/mol. The molecule has 1 fully saturated rings. The van der Waals surface area contributed by atoms with Gasteiger partial charge >= 0.3 is 0 Å². The van der Waals surface area contributed by atoms with E-state index in [1.165, 1.54) is 5.56 Å². The fourth-order valence-electron chi connectivity index (χ4n) is 3.67. The zero-order valence-corrected chi connectivity index (χ0v) is 18.9. The SMILES string of the molecule is C=C(/C=C/c1cnccc1C(/C=N\C)=C/C)Nc1cccc(CN2CCN(C)CC2)c1. The number of allylic oxidation sites excluding steroid dienone is 3. The fraction of sp³-hybridized carbons (Fsp3) is 0.308. The third kappa shape index (κ3) is 6.74. The number of pyridine rings is 1. The van der Waals surface area contributed by atoms with Crippen LogP contribution in [-0.2, 0) is 6.54 Å². The highest BCUT2D eigenvalue weighted by Gasteiger charge is 2.13. The average Bonchev–Trinajstić information content (AvgIpc) is 2.78. The smallest absolute Gasteiger partial charge is 0.0387 e. The van der Waals surface area contributed by atoms with E-state index in [1.54, 1.807) is 13.2 Å². The Morgan fingerprint density at radius 2 is 2.03 bits per heavy atom. The summed E-state index contributed by atoms with van der Waals surface area (Å²) in [6.07, 6.45) is 11.6. The molecule has 1 aliphatic heterocycles. The number of rotatable bonds is 8. The molecule has 0 bridgehead atoms. The van der Waals surface area contributed by atoms with Crippen molar-refractivity contribution in [3.8, 4) is 0 Å². The number of benzene rings is 1. The second kappa shape index (κ2) is 11.4. The molecule has 5 nitrogen and oxygen atoms in total. The molecule has 1 aromatic heterocycles. The maximum absolute atomic E-state index is 4.28. The van der Waals surface area contributed by atoms with Crippen LogP contribution in [0.25, 0.3) is 11.6 Å². The maximum atomic E-state index is 4.28. The Morgan fingerprint density at radius 1 is 1.23 bits per heavy atom. The predicted octanol–water partition coefficient (Wildman–Crippen LogP) is 4.57. The van der Waals surface area contributed by atoms with Gasteiger partial charge in [0.2, 0.25) is 0 Å². The summed E-state index contributed by atoms with van der Waals surface area (Å²) >= 11 is 0. The van der Waals surface area contributed by atoms with Gasteiger partial charge in [0.25, 0.3) is 0 Å². The molecule has 0 amide bonds. The standard InChI is InChI=1S/C26H33N5/c1-5-23(18-27-3)26-11-12-28-19-24(26)10-9-21(2)29-25-8-6-7-22(17-25)20-31-15-13-30(4)14-16-31/h5-12,17-19,29H,2,13-16,20H2,1,3-4H3/b10-9+,23-5+,27-18-. The van der Waals surface area contributed by atoms with Gasteiger partial charge in [0.15, 0.2) is 0 Å². The Labute approximate surface area is 186 Å². The number of aromatic nitrogens is 1. The first-order chi connectivity index (χ1) is 15.1. The average molecular weight is 416 g/mol. The molecule has 2 aromatic rings. The van der Waals surface area contributed by atoms with Crippen LogP contribution in [0.3, 0.4) is 0 Å². The number of hydrogen-bond donors (Lipinski definition) is 1. The Bertz CT molecular complexity index is 965. The lowest BCUT2D eigenvalue weighted by molar-refractivity contribution is 0.148. The van der Waals surface area contributed by atoms with Gasteiger partial charge in [-0.2, -0.15) is 0 Å². The van der Waals surface area contributed by atoms with Crippen molar-refractivity contribution in [1.29, 1.82) is 0 Å². The number of nitrogens with zero attached hydrogens (tertiary/aromatic N) is 4. The highest BCUT2D eigenvalue weighted by Crippen LogP contribution is 2.20. The summed E-state index contributed by atoms with van der Waals surface area (Å²) in [5, 5.41) is 3.42. The molecule has 0 unspecified atom stereocenters. The van der Waals surface area contributed by atoms with Crippen LogP contribution in [0.1, 0.15) is 23.6 Å². The second-order valence-corrected chi connectivity index (χ2v) is 7.86. The monoisotopic (exact) mass is 415 g/mol. The highest BCUT2D eigenvalue weighted by molar-refractivity contribution is 6.10. The van der Waals surface area contributed by atoms with Gasteiger partial charge in [0.05, 0.1) is 0 Å². The van der Waals surface area contributed by atoms with E-state index in [1.807, 2.05) is 37.6 Å². The van der Waals surface area contributed by atoms with E-state index >= 15 is 0 Å². The molecule has 1 N–H and O–H groups in total. The van der Waals surface area contributed by atoms with Crippen molar-refractivity contribution in [2.24, 2.45) is 4.99 Å². The van der Waals surface area contributed by atoms with E-state index in [4.69, 9.17) is 0 Å². The van der Waals surface area contributed by atoms with Gasteiger partial charge in [-0.05, 0) is 54.9 Å². The number of hydrogen-bond acceptors (Lipinski definition) is 5. The molecule has 1 aliphatic rings. The predicted molar refractivity (Wildman–Crippen MR) is 133 cm³/mol. The van der Waals surface area contributed by atoms with Gasteiger partial charge in [-0.15, -0.1) is 0 Å². The van der Waals surface area contributed by atoms with Crippen LogP contribution in [-0.4, -0.2) is 61.3 Å². The summed E-state index contributed by atoms with van der Waals surface area (Å²) in [5.74, 6) is 0. The molecule has 31 heavy (non-hydrogen) atoms. The van der Waals surface area contributed by atoms with Crippen LogP contribution in [0, 0.1) is 0 Å². The molecule has 1 aromatic carbocycles. The zero-order chi connectivity index (χ0) is 22.1. The molecule has 2 heterocycles. The largest absolute Gasteiger partial charge is 0.356 e. The van der Waals surface area contributed by atoms with Crippen molar-refractivity contribution < 1.29 is 0 Å². The topological polar surface area (TPSA) is 43.8 Å². The Hall–Kier alpha value is -3.02. The third-order valence-electron chi connectivity index (χ3n) is 5.44. The molecule has 0 atom stereocenters. The number of piperazine rings is 1. The van der Waals surface area contributed by atoms with E-state index in [2.05, 4.69) is 69.1 Å². The summed E-state index contributed by atoms with van der Waals surface area (Å²) in [4.78, 5) is 13.3. The van der Waals surface area contributed by atoms with Crippen molar-refractivity contribution in [3.05, 3.63) is 83.8 Å². The molecule has 0 aliphatic carbocycles. The van der Waals surface area contributed by atoms with Gasteiger partial charge in [-0.1, -0.05) is 30.9 Å². The highest BCUT2D eigenvalue weighted by atomic mass is 15.2. The van der Waals surface area contributed by atoms with E-state index in [0.717, 1.165) is 60.8 Å². The van der Waals surface area contributed by atoms with E-state index in [-0.39, 0.29) is 0 Å². The van der Waals surface area contributed by atoms with Gasteiger partial charge in [0, 0.05) is 75.3 Å².